The second kappa shape index (κ2) is 7.17. The van der Waals surface area contributed by atoms with Gasteiger partial charge in [0.1, 0.15) is 23.3 Å². The van der Waals surface area contributed by atoms with Gasteiger partial charge in [-0.25, -0.2) is 17.6 Å². The number of nitrogens with one attached hydrogen (secondary N) is 1. The van der Waals surface area contributed by atoms with Gasteiger partial charge in [-0.2, -0.15) is 18.3 Å². The van der Waals surface area contributed by atoms with Crippen LogP contribution in [0.4, 0.5) is 36.4 Å². The fourth-order valence-corrected chi connectivity index (χ4v) is 2.65. The van der Waals surface area contributed by atoms with Crippen LogP contribution in [-0.2, 0) is 19.8 Å². The number of alkyl halides is 3. The summed E-state index contributed by atoms with van der Waals surface area (Å²) in [5.41, 5.74) is -2.86. The van der Waals surface area contributed by atoms with Gasteiger partial charge in [0, 0.05) is 24.8 Å². The standard InChI is InChI=1S/C18H12F7N3/c1-28-15(7-16(27-28)18(23,24)25)17-13(21)5-9(6-14(17)22)26-8-10-11(19)3-2-4-12(10)20/h2-7,26H,8H2,1H3. The molecule has 0 amide bonds. The maximum Gasteiger partial charge on any atom is 0.435 e. The molecule has 0 spiro atoms. The van der Waals surface area contributed by atoms with Gasteiger partial charge in [0.15, 0.2) is 5.69 Å². The molecule has 3 aromatic rings. The van der Waals surface area contributed by atoms with Crippen molar-refractivity contribution >= 4 is 5.69 Å². The van der Waals surface area contributed by atoms with E-state index in [-0.39, 0.29) is 17.8 Å². The van der Waals surface area contributed by atoms with E-state index < -0.39 is 46.4 Å². The van der Waals surface area contributed by atoms with Gasteiger partial charge < -0.3 is 5.32 Å². The Bertz CT molecular complexity index is 981. The largest absolute Gasteiger partial charge is 0.435 e. The second-order valence-corrected chi connectivity index (χ2v) is 5.90. The number of aromatic nitrogens is 2. The zero-order valence-corrected chi connectivity index (χ0v) is 14.2. The highest BCUT2D eigenvalue weighted by atomic mass is 19.4. The van der Waals surface area contributed by atoms with Gasteiger partial charge in [-0.1, -0.05) is 6.07 Å². The molecule has 1 aromatic heterocycles. The Morgan fingerprint density at radius 2 is 1.50 bits per heavy atom. The minimum Gasteiger partial charge on any atom is -0.381 e. The molecule has 3 nitrogen and oxygen atoms in total. The molecule has 0 aliphatic carbocycles. The third-order valence-corrected chi connectivity index (χ3v) is 4.00. The quantitative estimate of drug-likeness (QED) is 0.602. The highest BCUT2D eigenvalue weighted by Crippen LogP contribution is 2.34. The van der Waals surface area contributed by atoms with Crippen LogP contribution in [0.2, 0.25) is 0 Å². The Morgan fingerprint density at radius 1 is 0.929 bits per heavy atom. The van der Waals surface area contributed by atoms with Crippen molar-refractivity contribution in [3.05, 3.63) is 70.9 Å². The fraction of sp³-hybridized carbons (Fsp3) is 0.167. The van der Waals surface area contributed by atoms with Crippen LogP contribution in [0.5, 0.6) is 0 Å². The molecule has 28 heavy (non-hydrogen) atoms. The number of anilines is 1. The van der Waals surface area contributed by atoms with Gasteiger partial charge in [0.05, 0.1) is 11.3 Å². The van der Waals surface area contributed by atoms with Crippen LogP contribution in [0.3, 0.4) is 0 Å². The first kappa shape index (κ1) is 19.7. The lowest BCUT2D eigenvalue weighted by Crippen LogP contribution is -2.06. The third-order valence-electron chi connectivity index (χ3n) is 4.00. The summed E-state index contributed by atoms with van der Waals surface area (Å²) in [5.74, 6) is -3.99. The molecule has 2 aromatic carbocycles. The van der Waals surface area contributed by atoms with Crippen molar-refractivity contribution in [1.82, 2.24) is 9.78 Å². The topological polar surface area (TPSA) is 29.9 Å². The lowest BCUT2D eigenvalue weighted by molar-refractivity contribution is -0.141. The molecular formula is C18H12F7N3. The van der Waals surface area contributed by atoms with Crippen LogP contribution in [0.1, 0.15) is 11.3 Å². The smallest absolute Gasteiger partial charge is 0.381 e. The Kier molecular flexibility index (Phi) is 5.05. The van der Waals surface area contributed by atoms with Gasteiger partial charge in [-0.3, -0.25) is 4.68 Å². The molecular weight excluding hydrogens is 391 g/mol. The fourth-order valence-electron chi connectivity index (χ4n) is 2.65. The maximum absolute atomic E-state index is 14.4. The summed E-state index contributed by atoms with van der Waals surface area (Å²) in [4.78, 5) is 0. The Morgan fingerprint density at radius 3 is 2.00 bits per heavy atom. The van der Waals surface area contributed by atoms with Crippen molar-refractivity contribution in [1.29, 1.82) is 0 Å². The molecule has 0 saturated heterocycles. The first-order chi connectivity index (χ1) is 13.1. The lowest BCUT2D eigenvalue weighted by atomic mass is 10.1. The molecule has 10 heteroatoms. The summed E-state index contributed by atoms with van der Waals surface area (Å²) in [6.07, 6.45) is -4.77. The molecule has 0 aliphatic rings. The van der Waals surface area contributed by atoms with Crippen LogP contribution in [0, 0.1) is 23.3 Å². The van der Waals surface area contributed by atoms with E-state index in [4.69, 9.17) is 0 Å². The Balaban J connectivity index is 1.91. The van der Waals surface area contributed by atoms with Crippen molar-refractivity contribution < 1.29 is 30.7 Å². The van der Waals surface area contributed by atoms with E-state index in [0.29, 0.717) is 10.7 Å². The molecule has 1 N–H and O–H groups in total. The predicted octanol–water partition coefficient (Wildman–Crippen LogP) is 5.27. The average molecular weight is 403 g/mol. The van der Waals surface area contributed by atoms with Crippen molar-refractivity contribution in [2.24, 2.45) is 7.05 Å². The van der Waals surface area contributed by atoms with Crippen LogP contribution < -0.4 is 5.32 Å². The highest BCUT2D eigenvalue weighted by molar-refractivity contribution is 5.65. The third kappa shape index (κ3) is 3.80. The van der Waals surface area contributed by atoms with Crippen LogP contribution >= 0.6 is 0 Å². The van der Waals surface area contributed by atoms with E-state index in [1.165, 1.54) is 6.07 Å². The number of rotatable bonds is 4. The minimum atomic E-state index is -4.77. The molecule has 0 saturated carbocycles. The molecule has 0 bridgehead atoms. The Hall–Kier alpha value is -3.04. The highest BCUT2D eigenvalue weighted by Gasteiger charge is 2.35. The summed E-state index contributed by atoms with van der Waals surface area (Å²) >= 11 is 0. The van der Waals surface area contributed by atoms with Gasteiger partial charge in [-0.15, -0.1) is 0 Å². The number of benzene rings is 2. The molecule has 0 fully saturated rings. The van der Waals surface area contributed by atoms with E-state index in [1.54, 1.807) is 0 Å². The van der Waals surface area contributed by atoms with Crippen molar-refractivity contribution in [3.8, 4) is 11.3 Å². The monoisotopic (exact) mass is 403 g/mol. The van der Waals surface area contributed by atoms with Gasteiger partial charge >= 0.3 is 6.18 Å². The minimum absolute atomic E-state index is 0.139. The molecule has 1 heterocycles. The molecule has 148 valence electrons. The number of aryl methyl sites for hydroxylation is 1. The summed E-state index contributed by atoms with van der Waals surface area (Å²) in [7, 11) is 1.12. The summed E-state index contributed by atoms with van der Waals surface area (Å²) < 4.78 is 95.0. The number of hydrogen-bond acceptors (Lipinski definition) is 2. The number of nitrogens with zero attached hydrogens (tertiary/aromatic N) is 2. The van der Waals surface area contributed by atoms with Crippen LogP contribution in [0.15, 0.2) is 36.4 Å². The Labute approximate surface area is 154 Å². The van der Waals surface area contributed by atoms with Crippen molar-refractivity contribution in [2.75, 3.05) is 5.32 Å². The van der Waals surface area contributed by atoms with E-state index in [9.17, 15) is 30.7 Å². The van der Waals surface area contributed by atoms with E-state index in [0.717, 1.165) is 31.3 Å². The zero-order chi connectivity index (χ0) is 20.6. The normalized spacial score (nSPS) is 11.7. The molecule has 0 radical (unpaired) electrons. The summed E-state index contributed by atoms with van der Waals surface area (Å²) in [6.45, 7) is -0.388. The van der Waals surface area contributed by atoms with E-state index in [1.807, 2.05) is 0 Å². The van der Waals surface area contributed by atoms with E-state index in [2.05, 4.69) is 10.4 Å². The molecule has 0 aliphatic heterocycles. The first-order valence-corrected chi connectivity index (χ1v) is 7.85. The van der Waals surface area contributed by atoms with Crippen molar-refractivity contribution in [2.45, 2.75) is 12.7 Å². The number of halogens is 7. The SMILES string of the molecule is Cn1nc(C(F)(F)F)cc1-c1c(F)cc(NCc2c(F)cccc2F)cc1F. The average Bonchev–Trinajstić information content (AvgIpc) is 2.96. The lowest BCUT2D eigenvalue weighted by Gasteiger charge is -2.11. The van der Waals surface area contributed by atoms with E-state index >= 15 is 0 Å². The predicted molar refractivity (Wildman–Crippen MR) is 87.2 cm³/mol. The first-order valence-electron chi connectivity index (χ1n) is 7.85. The zero-order valence-electron chi connectivity index (χ0n) is 14.2. The molecule has 0 unspecified atom stereocenters. The number of hydrogen-bond donors (Lipinski definition) is 1. The maximum atomic E-state index is 14.4. The second-order valence-electron chi connectivity index (χ2n) is 5.90. The van der Waals surface area contributed by atoms with Gasteiger partial charge in [-0.05, 0) is 30.3 Å². The van der Waals surface area contributed by atoms with Gasteiger partial charge in [0.2, 0.25) is 0 Å². The summed E-state index contributed by atoms with van der Waals surface area (Å²) in [5, 5.41) is 5.70. The van der Waals surface area contributed by atoms with Crippen LogP contribution in [0.25, 0.3) is 11.3 Å². The van der Waals surface area contributed by atoms with Crippen LogP contribution in [-0.4, -0.2) is 9.78 Å². The molecule has 0 atom stereocenters. The van der Waals surface area contributed by atoms with Crippen molar-refractivity contribution in [3.63, 3.8) is 0 Å². The summed E-state index contributed by atoms with van der Waals surface area (Å²) in [6, 6.07) is 5.40. The molecule has 3 rings (SSSR count). The van der Waals surface area contributed by atoms with Gasteiger partial charge in [0.25, 0.3) is 0 Å².